The summed E-state index contributed by atoms with van der Waals surface area (Å²) in [4.78, 5) is 49.4. The number of rotatable bonds is 8. The second kappa shape index (κ2) is 9.88. The molecule has 2 rings (SSSR count). The minimum Gasteiger partial charge on any atom is -0.484 e. The summed E-state index contributed by atoms with van der Waals surface area (Å²) in [5, 5.41) is 1.51. The monoisotopic (exact) mass is 482 g/mol. The Morgan fingerprint density at radius 3 is 2.38 bits per heavy atom. The molecule has 3 atom stereocenters. The van der Waals surface area contributed by atoms with E-state index in [0.29, 0.717) is 5.75 Å². The third kappa shape index (κ3) is 6.40. The number of carbonyl (C=O) groups excluding carboxylic acids is 4. The van der Waals surface area contributed by atoms with Gasteiger partial charge in [0, 0.05) is 0 Å². The molecule has 1 aliphatic heterocycles. The molecular weight excluding hydrogens is 467 g/mol. The molecule has 158 valence electrons. The van der Waals surface area contributed by atoms with Crippen molar-refractivity contribution in [2.75, 3.05) is 13.2 Å². The molecule has 8 nitrogen and oxygen atoms in total. The number of carbonyl (C=O) groups is 4. The minimum absolute atomic E-state index is 0.324. The van der Waals surface area contributed by atoms with Gasteiger partial charge in [0.05, 0.1) is 0 Å². The average molecular weight is 484 g/mol. The summed E-state index contributed by atoms with van der Waals surface area (Å²) in [6.45, 7) is 0.181. The van der Waals surface area contributed by atoms with Gasteiger partial charge in [-0.2, -0.15) is 12.6 Å². The number of benzene rings is 1. The molecule has 0 spiro atoms. The summed E-state index contributed by atoms with van der Waals surface area (Å²) in [5.41, 5.74) is 0. The summed E-state index contributed by atoms with van der Waals surface area (Å²) < 4.78 is 8.22. The number of likely N-dealkylation sites (tertiary alicyclic amines) is 1. The van der Waals surface area contributed by atoms with E-state index in [1.165, 1.54) is 0 Å². The lowest BCUT2D eigenvalue weighted by Crippen LogP contribution is -2.73. The predicted molar refractivity (Wildman–Crippen MR) is 109 cm³/mol. The van der Waals surface area contributed by atoms with Crippen LogP contribution in [0.2, 0.25) is 0 Å². The first-order chi connectivity index (χ1) is 13.5. The summed E-state index contributed by atoms with van der Waals surface area (Å²) >= 11 is 20.8. The zero-order valence-electron chi connectivity index (χ0n) is 15.0. The highest BCUT2D eigenvalue weighted by molar-refractivity contribution is 7.81. The maximum Gasteiger partial charge on any atom is 0.336 e. The minimum atomic E-state index is -1.87. The number of esters is 1. The molecule has 1 N–H and O–H groups in total. The van der Waals surface area contributed by atoms with Crippen molar-refractivity contribution in [3.05, 3.63) is 30.3 Å². The van der Waals surface area contributed by atoms with E-state index in [1.807, 2.05) is 0 Å². The van der Waals surface area contributed by atoms with Crippen LogP contribution in [0.5, 0.6) is 5.75 Å². The number of ether oxygens (including phenoxy) is 2. The fraction of sp³-hybridized carbons (Fsp3) is 0.412. The van der Waals surface area contributed by atoms with Crippen molar-refractivity contribution in [3.63, 3.8) is 0 Å². The molecule has 1 aliphatic rings. The van der Waals surface area contributed by atoms with Crippen LogP contribution in [0, 0.1) is 0 Å². The highest BCUT2D eigenvalue weighted by atomic mass is 35.6. The van der Waals surface area contributed by atoms with Crippen LogP contribution in [0.4, 0.5) is 0 Å². The van der Waals surface area contributed by atoms with E-state index in [-0.39, 0.29) is 6.61 Å². The van der Waals surface area contributed by atoms with E-state index in [1.54, 1.807) is 30.3 Å². The zero-order chi connectivity index (χ0) is 21.8. The Bertz CT molecular complexity index is 789. The number of hydrogen-bond acceptors (Lipinski definition) is 7. The topological polar surface area (TPSA) is 102 Å². The van der Waals surface area contributed by atoms with Crippen molar-refractivity contribution in [2.24, 2.45) is 0 Å². The summed E-state index contributed by atoms with van der Waals surface area (Å²) in [7, 11) is 0. The summed E-state index contributed by atoms with van der Waals surface area (Å²) in [6.07, 6.45) is 0. The summed E-state index contributed by atoms with van der Waals surface area (Å²) in [5.74, 6) is -2.48. The number of Topliss-reactive ketones (excluding diaryl/α,β-unsaturated/α-hetero) is 1. The van der Waals surface area contributed by atoms with E-state index >= 15 is 0 Å². The number of hydrogen-bond donors (Lipinski definition) is 2. The number of alkyl halides is 3. The fourth-order valence-electron chi connectivity index (χ4n) is 2.50. The van der Waals surface area contributed by atoms with Crippen LogP contribution in [-0.2, 0) is 23.9 Å². The van der Waals surface area contributed by atoms with Crippen LogP contribution in [0.3, 0.4) is 0 Å². The first-order valence-electron chi connectivity index (χ1n) is 8.22. The maximum absolute atomic E-state index is 12.4. The van der Waals surface area contributed by atoms with E-state index in [4.69, 9.17) is 44.3 Å². The molecule has 1 aromatic rings. The Labute approximate surface area is 187 Å². The lowest BCUT2D eigenvalue weighted by molar-refractivity contribution is -0.167. The molecule has 0 bridgehead atoms. The lowest BCUT2D eigenvalue weighted by atomic mass is 10.0. The maximum atomic E-state index is 12.4. The predicted octanol–water partition coefficient (Wildman–Crippen LogP) is 1.52. The Hall–Kier alpha value is -1.68. The first kappa shape index (κ1) is 23.6. The Balaban J connectivity index is 1.93. The van der Waals surface area contributed by atoms with Crippen molar-refractivity contribution < 1.29 is 28.7 Å². The van der Waals surface area contributed by atoms with Gasteiger partial charge in [-0.1, -0.05) is 53.0 Å². The standard InChI is InChI=1S/C17H17Cl3N2O6S/c1-9(23)13(16(26)28-8-17(18,19)20)22-14(25)12(15(22)29)21-11(24)7-27-10-5-3-2-4-6-10/h2-6,12-13,15,29H,7-8H2,1H3,(H,21,24). The van der Waals surface area contributed by atoms with E-state index in [0.717, 1.165) is 11.8 Å². The average Bonchev–Trinajstić information content (AvgIpc) is 2.66. The molecule has 1 saturated heterocycles. The van der Waals surface area contributed by atoms with Gasteiger partial charge < -0.3 is 19.7 Å². The van der Waals surface area contributed by atoms with Gasteiger partial charge in [0.2, 0.25) is 9.70 Å². The fourth-order valence-corrected chi connectivity index (χ4v) is 3.11. The van der Waals surface area contributed by atoms with Gasteiger partial charge in [-0.05, 0) is 19.1 Å². The Morgan fingerprint density at radius 1 is 1.24 bits per heavy atom. The molecule has 29 heavy (non-hydrogen) atoms. The van der Waals surface area contributed by atoms with Crippen molar-refractivity contribution in [1.82, 2.24) is 10.2 Å². The van der Waals surface area contributed by atoms with Crippen LogP contribution < -0.4 is 10.1 Å². The molecule has 12 heteroatoms. The van der Waals surface area contributed by atoms with Crippen LogP contribution >= 0.6 is 47.4 Å². The van der Waals surface area contributed by atoms with Crippen LogP contribution in [0.25, 0.3) is 0 Å². The second-order valence-corrected chi connectivity index (χ2v) is 9.09. The molecule has 1 aromatic carbocycles. The number of ketones is 1. The lowest BCUT2D eigenvalue weighted by Gasteiger charge is -2.46. The Kier molecular flexibility index (Phi) is 8.04. The number of β-lactam (4-membered cyclic amide) rings is 1. The van der Waals surface area contributed by atoms with Gasteiger partial charge in [-0.3, -0.25) is 14.4 Å². The molecule has 0 saturated carbocycles. The zero-order valence-corrected chi connectivity index (χ0v) is 18.2. The molecule has 2 amide bonds. The molecule has 0 radical (unpaired) electrons. The number of nitrogens with one attached hydrogen (secondary N) is 1. The van der Waals surface area contributed by atoms with Gasteiger partial charge in [-0.15, -0.1) is 0 Å². The smallest absolute Gasteiger partial charge is 0.336 e. The molecule has 1 fully saturated rings. The highest BCUT2D eigenvalue weighted by Gasteiger charge is 2.53. The highest BCUT2D eigenvalue weighted by Crippen LogP contribution is 2.29. The van der Waals surface area contributed by atoms with Gasteiger partial charge in [0.25, 0.3) is 5.91 Å². The van der Waals surface area contributed by atoms with Gasteiger partial charge in [0.1, 0.15) is 23.8 Å². The van der Waals surface area contributed by atoms with Crippen molar-refractivity contribution in [3.8, 4) is 5.75 Å². The number of amides is 2. The number of thiol groups is 1. The quantitative estimate of drug-likeness (QED) is 0.191. The number of para-hydroxylation sites is 1. The van der Waals surface area contributed by atoms with Crippen LogP contribution in [0.15, 0.2) is 30.3 Å². The van der Waals surface area contributed by atoms with Crippen LogP contribution in [0.1, 0.15) is 6.92 Å². The third-order valence-electron chi connectivity index (χ3n) is 3.80. The third-order valence-corrected chi connectivity index (χ3v) is 4.67. The number of halogens is 3. The Morgan fingerprint density at radius 2 is 1.86 bits per heavy atom. The molecule has 1 heterocycles. The molecular formula is C17H17Cl3N2O6S. The van der Waals surface area contributed by atoms with E-state index < -0.39 is 51.4 Å². The van der Waals surface area contributed by atoms with Crippen molar-refractivity contribution >= 4 is 71.0 Å². The molecule has 0 aromatic heterocycles. The van der Waals surface area contributed by atoms with E-state index in [9.17, 15) is 19.2 Å². The van der Waals surface area contributed by atoms with Gasteiger partial charge >= 0.3 is 5.97 Å². The van der Waals surface area contributed by atoms with E-state index in [2.05, 4.69) is 17.9 Å². The van der Waals surface area contributed by atoms with Crippen LogP contribution in [-0.4, -0.2) is 62.9 Å². The largest absolute Gasteiger partial charge is 0.484 e. The van der Waals surface area contributed by atoms with Gasteiger partial charge in [0.15, 0.2) is 18.4 Å². The molecule has 0 aliphatic carbocycles. The first-order valence-corrected chi connectivity index (χ1v) is 9.87. The van der Waals surface area contributed by atoms with Gasteiger partial charge in [-0.25, -0.2) is 4.79 Å². The second-order valence-electron chi connectivity index (χ2n) is 6.04. The number of nitrogens with zero attached hydrogens (tertiary/aromatic N) is 1. The SMILES string of the molecule is CC(=O)C(C(=O)OCC(Cl)(Cl)Cl)N1C(=O)C(NC(=O)COc2ccccc2)C1S. The molecule has 3 unspecified atom stereocenters. The summed E-state index contributed by atoms with van der Waals surface area (Å²) in [6, 6.07) is 6.03. The normalized spacial score (nSPS) is 19.8. The van der Waals surface area contributed by atoms with Crippen molar-refractivity contribution in [1.29, 1.82) is 0 Å². The van der Waals surface area contributed by atoms with Crippen molar-refractivity contribution in [2.45, 2.75) is 28.2 Å².